The number of rotatable bonds is 7. The monoisotopic (exact) mass is 300 g/mol. The molecule has 0 unspecified atom stereocenters. The lowest BCUT2D eigenvalue weighted by molar-refractivity contribution is -0.0246. The highest BCUT2D eigenvalue weighted by atomic mass is 16.5. The van der Waals surface area contributed by atoms with Crippen LogP contribution in [-0.2, 0) is 4.74 Å². The van der Waals surface area contributed by atoms with Gasteiger partial charge in [-0.15, -0.1) is 0 Å². The van der Waals surface area contributed by atoms with Gasteiger partial charge in [-0.05, 0) is 59.4 Å². The van der Waals surface area contributed by atoms with Crippen LogP contribution in [0.1, 0.15) is 54.4 Å². The summed E-state index contributed by atoms with van der Waals surface area (Å²) in [7, 11) is 0. The lowest BCUT2D eigenvalue weighted by Crippen LogP contribution is -2.52. The van der Waals surface area contributed by atoms with Crippen molar-refractivity contribution >= 4 is 0 Å². The van der Waals surface area contributed by atoms with Crippen LogP contribution < -0.4 is 5.32 Å². The molecule has 1 aliphatic heterocycles. The van der Waals surface area contributed by atoms with Gasteiger partial charge >= 0.3 is 0 Å². The number of likely N-dealkylation sites (N-methyl/N-ethyl adjacent to an activating group) is 1. The Morgan fingerprint density at radius 1 is 1.14 bits per heavy atom. The maximum absolute atomic E-state index is 10.1. The van der Waals surface area contributed by atoms with Gasteiger partial charge in [0.05, 0.1) is 5.60 Å². The van der Waals surface area contributed by atoms with Crippen LogP contribution in [0.5, 0.6) is 0 Å². The van der Waals surface area contributed by atoms with Crippen molar-refractivity contribution in [2.45, 2.75) is 65.5 Å². The molecule has 0 bridgehead atoms. The molecule has 0 aromatic carbocycles. The molecule has 0 aromatic rings. The highest BCUT2D eigenvalue weighted by molar-refractivity contribution is 4.90. The Balaban J connectivity index is 2.71. The van der Waals surface area contributed by atoms with Crippen molar-refractivity contribution in [1.82, 2.24) is 10.2 Å². The van der Waals surface area contributed by atoms with E-state index in [2.05, 4.69) is 37.9 Å². The van der Waals surface area contributed by atoms with E-state index in [0.717, 1.165) is 52.2 Å². The SMILES string of the molecule is CCN(CC(C)(C)O)CC1(CNC(C)(C)C)CCOCC1. The summed E-state index contributed by atoms with van der Waals surface area (Å²) in [5.74, 6) is 0. The van der Waals surface area contributed by atoms with Gasteiger partial charge in [-0.2, -0.15) is 0 Å². The zero-order valence-electron chi connectivity index (χ0n) is 15.0. The topological polar surface area (TPSA) is 44.7 Å². The molecular formula is C17H36N2O2. The first-order valence-corrected chi connectivity index (χ1v) is 8.33. The van der Waals surface area contributed by atoms with Gasteiger partial charge in [0, 0.05) is 38.4 Å². The molecule has 126 valence electrons. The van der Waals surface area contributed by atoms with E-state index in [0.29, 0.717) is 0 Å². The fourth-order valence-corrected chi connectivity index (χ4v) is 2.95. The van der Waals surface area contributed by atoms with E-state index in [1.165, 1.54) is 0 Å². The number of hydrogen-bond donors (Lipinski definition) is 2. The number of aliphatic hydroxyl groups is 1. The fourth-order valence-electron chi connectivity index (χ4n) is 2.95. The first kappa shape index (κ1) is 18.9. The van der Waals surface area contributed by atoms with E-state index in [9.17, 15) is 5.11 Å². The molecule has 0 saturated carbocycles. The molecule has 4 nitrogen and oxygen atoms in total. The predicted molar refractivity (Wildman–Crippen MR) is 88.7 cm³/mol. The van der Waals surface area contributed by atoms with Gasteiger partial charge in [-0.1, -0.05) is 6.92 Å². The summed E-state index contributed by atoms with van der Waals surface area (Å²) in [5, 5.41) is 13.8. The van der Waals surface area contributed by atoms with E-state index < -0.39 is 5.60 Å². The molecule has 1 rings (SSSR count). The largest absolute Gasteiger partial charge is 0.389 e. The standard InChI is InChI=1S/C17H36N2O2/c1-7-19(13-16(5,6)20)14-17(8-10-21-11-9-17)12-18-15(2,3)4/h18,20H,7-14H2,1-6H3. The van der Waals surface area contributed by atoms with Crippen molar-refractivity contribution in [2.24, 2.45) is 5.41 Å². The third kappa shape index (κ3) is 7.59. The second-order valence-corrected chi connectivity index (χ2v) is 8.33. The predicted octanol–water partition coefficient (Wildman–Crippen LogP) is 2.26. The molecule has 1 heterocycles. The zero-order chi connectivity index (χ0) is 16.1. The molecular weight excluding hydrogens is 264 g/mol. The molecule has 21 heavy (non-hydrogen) atoms. The van der Waals surface area contributed by atoms with Crippen molar-refractivity contribution in [3.63, 3.8) is 0 Å². The van der Waals surface area contributed by atoms with E-state index >= 15 is 0 Å². The molecule has 0 amide bonds. The number of nitrogens with zero attached hydrogens (tertiary/aromatic N) is 1. The summed E-state index contributed by atoms with van der Waals surface area (Å²) < 4.78 is 5.58. The van der Waals surface area contributed by atoms with Crippen LogP contribution in [-0.4, -0.2) is 60.5 Å². The molecule has 1 fully saturated rings. The molecule has 0 aromatic heterocycles. The van der Waals surface area contributed by atoms with Crippen molar-refractivity contribution in [3.05, 3.63) is 0 Å². The third-order valence-corrected chi connectivity index (χ3v) is 4.16. The second kappa shape index (κ2) is 7.40. The van der Waals surface area contributed by atoms with E-state index in [1.54, 1.807) is 0 Å². The molecule has 2 N–H and O–H groups in total. The van der Waals surface area contributed by atoms with Gasteiger partial charge in [0.25, 0.3) is 0 Å². The molecule has 0 radical (unpaired) electrons. The third-order valence-electron chi connectivity index (χ3n) is 4.16. The van der Waals surface area contributed by atoms with Crippen LogP contribution in [0, 0.1) is 5.41 Å². The van der Waals surface area contributed by atoms with E-state index in [4.69, 9.17) is 4.74 Å². The minimum absolute atomic E-state index is 0.137. The zero-order valence-corrected chi connectivity index (χ0v) is 15.0. The molecule has 0 aliphatic carbocycles. The average Bonchev–Trinajstić information content (AvgIpc) is 2.34. The quantitative estimate of drug-likeness (QED) is 0.757. The Bertz CT molecular complexity index is 299. The minimum atomic E-state index is -0.639. The Morgan fingerprint density at radius 3 is 2.14 bits per heavy atom. The molecule has 4 heteroatoms. The summed E-state index contributed by atoms with van der Waals surface area (Å²) in [5.41, 5.74) is -0.245. The number of nitrogens with one attached hydrogen (secondary N) is 1. The number of hydrogen-bond acceptors (Lipinski definition) is 4. The van der Waals surface area contributed by atoms with Gasteiger partial charge in [0.2, 0.25) is 0 Å². The maximum Gasteiger partial charge on any atom is 0.0718 e. The molecule has 0 atom stereocenters. The van der Waals surface area contributed by atoms with Crippen LogP contribution >= 0.6 is 0 Å². The van der Waals surface area contributed by atoms with Gasteiger partial charge < -0.3 is 20.1 Å². The number of ether oxygens (including phenoxy) is 1. The van der Waals surface area contributed by atoms with Gasteiger partial charge in [-0.25, -0.2) is 0 Å². The first-order valence-electron chi connectivity index (χ1n) is 8.33. The smallest absolute Gasteiger partial charge is 0.0718 e. The lowest BCUT2D eigenvalue weighted by atomic mass is 9.78. The maximum atomic E-state index is 10.1. The van der Waals surface area contributed by atoms with E-state index in [1.807, 2.05) is 13.8 Å². The Morgan fingerprint density at radius 2 is 1.71 bits per heavy atom. The molecule has 1 aliphatic rings. The normalized spacial score (nSPS) is 20.0. The Kier molecular flexibility index (Phi) is 6.66. The molecule has 1 saturated heterocycles. The van der Waals surface area contributed by atoms with Gasteiger partial charge in [0.15, 0.2) is 0 Å². The van der Waals surface area contributed by atoms with Crippen LogP contribution in [0.15, 0.2) is 0 Å². The molecule has 0 spiro atoms. The van der Waals surface area contributed by atoms with Crippen molar-refractivity contribution in [1.29, 1.82) is 0 Å². The lowest BCUT2D eigenvalue weighted by Gasteiger charge is -2.43. The van der Waals surface area contributed by atoms with Gasteiger partial charge in [-0.3, -0.25) is 0 Å². The average molecular weight is 300 g/mol. The van der Waals surface area contributed by atoms with E-state index in [-0.39, 0.29) is 11.0 Å². The van der Waals surface area contributed by atoms with Gasteiger partial charge in [0.1, 0.15) is 0 Å². The summed E-state index contributed by atoms with van der Waals surface area (Å²) in [6.07, 6.45) is 2.19. The Labute approximate surface area is 131 Å². The van der Waals surface area contributed by atoms with Crippen LogP contribution in [0.3, 0.4) is 0 Å². The van der Waals surface area contributed by atoms with Crippen molar-refractivity contribution in [2.75, 3.05) is 39.4 Å². The highest BCUT2D eigenvalue weighted by Gasteiger charge is 2.35. The second-order valence-electron chi connectivity index (χ2n) is 8.33. The fraction of sp³-hybridized carbons (Fsp3) is 1.00. The minimum Gasteiger partial charge on any atom is -0.389 e. The van der Waals surface area contributed by atoms with Crippen molar-refractivity contribution < 1.29 is 9.84 Å². The highest BCUT2D eigenvalue weighted by Crippen LogP contribution is 2.32. The summed E-state index contributed by atoms with van der Waals surface area (Å²) in [4.78, 5) is 2.38. The van der Waals surface area contributed by atoms with Crippen LogP contribution in [0.4, 0.5) is 0 Å². The summed E-state index contributed by atoms with van der Waals surface area (Å²) in [6.45, 7) is 18.1. The first-order chi connectivity index (χ1) is 9.55. The summed E-state index contributed by atoms with van der Waals surface area (Å²) in [6, 6.07) is 0. The van der Waals surface area contributed by atoms with Crippen LogP contribution in [0.25, 0.3) is 0 Å². The van der Waals surface area contributed by atoms with Crippen molar-refractivity contribution in [3.8, 4) is 0 Å². The summed E-state index contributed by atoms with van der Waals surface area (Å²) >= 11 is 0. The van der Waals surface area contributed by atoms with Crippen LogP contribution in [0.2, 0.25) is 0 Å². The Hall–Kier alpha value is -0.160.